The first-order valence-corrected chi connectivity index (χ1v) is 6.03. The molecule has 0 saturated heterocycles. The van der Waals surface area contributed by atoms with Gasteiger partial charge in [-0.2, -0.15) is 5.10 Å². The quantitative estimate of drug-likeness (QED) is 0.784. The van der Waals surface area contributed by atoms with Gasteiger partial charge in [-0.15, -0.1) is 0 Å². The van der Waals surface area contributed by atoms with Gasteiger partial charge in [0.25, 0.3) is 0 Å². The van der Waals surface area contributed by atoms with Gasteiger partial charge in [-0.05, 0) is 13.8 Å². The maximum atomic E-state index is 12.2. The molecule has 0 radical (unpaired) electrons. The maximum absolute atomic E-state index is 12.2. The fourth-order valence-electron chi connectivity index (χ4n) is 1.82. The molecule has 1 rings (SSSR count). The Labute approximate surface area is 111 Å². The molecule has 8 heteroatoms. The Morgan fingerprint density at radius 2 is 2.21 bits per heavy atom. The maximum Gasteiger partial charge on any atom is 0.320 e. The molecular weight excluding hydrogens is 250 g/mol. The van der Waals surface area contributed by atoms with Crippen molar-refractivity contribution in [2.75, 3.05) is 13.6 Å². The predicted molar refractivity (Wildman–Crippen MR) is 67.3 cm³/mol. The molecule has 1 aromatic rings. The van der Waals surface area contributed by atoms with E-state index in [0.29, 0.717) is 18.9 Å². The van der Waals surface area contributed by atoms with Crippen molar-refractivity contribution in [1.29, 1.82) is 0 Å². The molecule has 0 bridgehead atoms. The number of nitrogens with one attached hydrogen (secondary N) is 1. The number of aromatic amines is 1. The van der Waals surface area contributed by atoms with Crippen LogP contribution >= 0.6 is 0 Å². The highest BCUT2D eigenvalue weighted by atomic mass is 16.4. The Bertz CT molecular complexity index is 420. The van der Waals surface area contributed by atoms with Crippen LogP contribution in [0.15, 0.2) is 6.33 Å². The second-order valence-corrected chi connectivity index (χ2v) is 4.30. The largest absolute Gasteiger partial charge is 0.481 e. The molecule has 0 aromatic carbocycles. The number of hydrogen-bond acceptors (Lipinski definition) is 4. The van der Waals surface area contributed by atoms with E-state index in [1.165, 1.54) is 16.1 Å². The number of rotatable bonds is 6. The van der Waals surface area contributed by atoms with Gasteiger partial charge in [-0.25, -0.2) is 9.78 Å². The zero-order valence-corrected chi connectivity index (χ0v) is 11.3. The molecule has 0 spiro atoms. The van der Waals surface area contributed by atoms with Gasteiger partial charge in [0.1, 0.15) is 12.2 Å². The van der Waals surface area contributed by atoms with Crippen molar-refractivity contribution in [2.45, 2.75) is 32.9 Å². The zero-order valence-electron chi connectivity index (χ0n) is 11.3. The predicted octanol–water partition coefficient (Wildman–Crippen LogP) is 0.542. The Kier molecular flexibility index (Phi) is 5.28. The minimum atomic E-state index is -0.920. The minimum Gasteiger partial charge on any atom is -0.481 e. The summed E-state index contributed by atoms with van der Waals surface area (Å²) in [4.78, 5) is 29.9. The molecule has 1 unspecified atom stereocenters. The average Bonchev–Trinajstić information content (AvgIpc) is 2.81. The van der Waals surface area contributed by atoms with E-state index in [4.69, 9.17) is 5.11 Å². The van der Waals surface area contributed by atoms with Crippen molar-refractivity contribution >= 4 is 12.0 Å². The first-order chi connectivity index (χ1) is 8.95. The summed E-state index contributed by atoms with van der Waals surface area (Å²) in [7, 11) is 1.64. The van der Waals surface area contributed by atoms with E-state index in [1.807, 2.05) is 6.92 Å². The third-order valence-corrected chi connectivity index (χ3v) is 2.77. The van der Waals surface area contributed by atoms with Gasteiger partial charge < -0.3 is 14.9 Å². The molecule has 0 fully saturated rings. The summed E-state index contributed by atoms with van der Waals surface area (Å²) in [6.07, 6.45) is 1.30. The van der Waals surface area contributed by atoms with Crippen molar-refractivity contribution < 1.29 is 14.7 Å². The lowest BCUT2D eigenvalue weighted by Crippen LogP contribution is -2.46. The van der Waals surface area contributed by atoms with Gasteiger partial charge >= 0.3 is 12.0 Å². The molecule has 0 aliphatic rings. The highest BCUT2D eigenvalue weighted by Crippen LogP contribution is 2.08. The number of aromatic nitrogens is 3. The van der Waals surface area contributed by atoms with Crippen LogP contribution in [0.25, 0.3) is 0 Å². The number of carbonyl (C=O) groups excluding carboxylic acids is 1. The van der Waals surface area contributed by atoms with Crippen LogP contribution in [0.2, 0.25) is 0 Å². The number of urea groups is 1. The molecule has 0 aliphatic carbocycles. The molecule has 0 aliphatic heterocycles. The smallest absolute Gasteiger partial charge is 0.320 e. The van der Waals surface area contributed by atoms with E-state index in [-0.39, 0.29) is 18.5 Å². The highest BCUT2D eigenvalue weighted by Gasteiger charge is 2.23. The number of carbonyl (C=O) groups is 2. The van der Waals surface area contributed by atoms with Crippen LogP contribution in [-0.4, -0.2) is 61.7 Å². The molecule has 1 heterocycles. The number of carboxylic acids is 1. The number of hydrogen-bond donors (Lipinski definition) is 2. The van der Waals surface area contributed by atoms with Crippen LogP contribution in [0.4, 0.5) is 4.79 Å². The summed E-state index contributed by atoms with van der Waals surface area (Å²) in [5.41, 5.74) is 0. The monoisotopic (exact) mass is 269 g/mol. The van der Waals surface area contributed by atoms with Gasteiger partial charge in [-0.3, -0.25) is 9.89 Å². The first-order valence-electron chi connectivity index (χ1n) is 6.03. The van der Waals surface area contributed by atoms with E-state index < -0.39 is 5.97 Å². The summed E-state index contributed by atoms with van der Waals surface area (Å²) in [5, 5.41) is 15.2. The number of carboxylic acid groups (broad SMARTS) is 1. The lowest BCUT2D eigenvalue weighted by molar-refractivity contribution is -0.138. The third-order valence-electron chi connectivity index (χ3n) is 2.77. The van der Waals surface area contributed by atoms with E-state index in [2.05, 4.69) is 15.2 Å². The van der Waals surface area contributed by atoms with Gasteiger partial charge in [0.05, 0.1) is 13.0 Å². The van der Waals surface area contributed by atoms with Crippen LogP contribution in [0.1, 0.15) is 26.1 Å². The number of H-pyrrole nitrogens is 1. The van der Waals surface area contributed by atoms with Crippen molar-refractivity contribution in [3.05, 3.63) is 12.2 Å². The van der Waals surface area contributed by atoms with E-state index in [9.17, 15) is 9.59 Å². The highest BCUT2D eigenvalue weighted by molar-refractivity contribution is 5.75. The number of aliphatic carboxylic acids is 1. The van der Waals surface area contributed by atoms with E-state index in [0.717, 1.165) is 0 Å². The summed E-state index contributed by atoms with van der Waals surface area (Å²) in [6.45, 7) is 4.29. The lowest BCUT2D eigenvalue weighted by atomic mass is 10.2. The van der Waals surface area contributed by atoms with E-state index >= 15 is 0 Å². The molecule has 19 heavy (non-hydrogen) atoms. The summed E-state index contributed by atoms with van der Waals surface area (Å²) in [5.74, 6) is -0.338. The Balaban J connectivity index is 2.64. The SMILES string of the molecule is CCN(C(=O)N(C)Cc1ncn[nH]1)C(C)CC(=O)O. The molecule has 106 valence electrons. The van der Waals surface area contributed by atoms with Crippen LogP contribution in [-0.2, 0) is 11.3 Å². The molecule has 1 atom stereocenters. The lowest BCUT2D eigenvalue weighted by Gasteiger charge is -2.31. The molecule has 2 amide bonds. The van der Waals surface area contributed by atoms with Crippen LogP contribution in [0.3, 0.4) is 0 Å². The van der Waals surface area contributed by atoms with Crippen LogP contribution < -0.4 is 0 Å². The second-order valence-electron chi connectivity index (χ2n) is 4.30. The van der Waals surface area contributed by atoms with Crippen LogP contribution in [0, 0.1) is 0 Å². The molecule has 8 nitrogen and oxygen atoms in total. The fraction of sp³-hybridized carbons (Fsp3) is 0.636. The normalized spacial score (nSPS) is 11.9. The molecule has 1 aromatic heterocycles. The van der Waals surface area contributed by atoms with Crippen LogP contribution in [0.5, 0.6) is 0 Å². The standard InChI is InChI=1S/C11H19N5O3/c1-4-16(8(2)5-10(17)18)11(19)15(3)6-9-12-7-13-14-9/h7-8H,4-6H2,1-3H3,(H,17,18)(H,12,13,14). The number of nitrogens with zero attached hydrogens (tertiary/aromatic N) is 4. The summed E-state index contributed by atoms with van der Waals surface area (Å²) < 4.78 is 0. The van der Waals surface area contributed by atoms with Crippen molar-refractivity contribution in [2.24, 2.45) is 0 Å². The average molecular weight is 269 g/mol. The van der Waals surface area contributed by atoms with Gasteiger partial charge in [0, 0.05) is 19.6 Å². The topological polar surface area (TPSA) is 102 Å². The zero-order chi connectivity index (χ0) is 14.4. The molecular formula is C11H19N5O3. The fourth-order valence-corrected chi connectivity index (χ4v) is 1.82. The van der Waals surface area contributed by atoms with Crippen molar-refractivity contribution in [1.82, 2.24) is 25.0 Å². The summed E-state index contributed by atoms with van der Waals surface area (Å²) in [6, 6.07) is -0.583. The van der Waals surface area contributed by atoms with E-state index in [1.54, 1.807) is 14.0 Å². The second kappa shape index (κ2) is 6.72. The van der Waals surface area contributed by atoms with Crippen molar-refractivity contribution in [3.8, 4) is 0 Å². The van der Waals surface area contributed by atoms with Gasteiger partial charge in [0.15, 0.2) is 0 Å². The molecule has 2 N–H and O–H groups in total. The van der Waals surface area contributed by atoms with Gasteiger partial charge in [-0.1, -0.05) is 0 Å². The Hall–Kier alpha value is -2.12. The third kappa shape index (κ3) is 4.23. The Morgan fingerprint density at radius 1 is 1.53 bits per heavy atom. The minimum absolute atomic E-state index is 0.0737. The van der Waals surface area contributed by atoms with Crippen molar-refractivity contribution in [3.63, 3.8) is 0 Å². The summed E-state index contributed by atoms with van der Waals surface area (Å²) >= 11 is 0. The number of amides is 2. The van der Waals surface area contributed by atoms with Gasteiger partial charge in [0.2, 0.25) is 0 Å². The Morgan fingerprint density at radius 3 is 2.68 bits per heavy atom. The molecule has 0 saturated carbocycles. The first kappa shape index (κ1) is 14.9.